The van der Waals surface area contributed by atoms with Gasteiger partial charge in [0.1, 0.15) is 5.75 Å². The van der Waals surface area contributed by atoms with E-state index >= 15 is 0 Å². The number of rotatable bonds is 6. The summed E-state index contributed by atoms with van der Waals surface area (Å²) in [6.07, 6.45) is -0.563. The third-order valence-electron chi connectivity index (χ3n) is 3.76. The van der Waals surface area contributed by atoms with Crippen molar-refractivity contribution in [1.29, 1.82) is 0 Å². The van der Waals surface area contributed by atoms with E-state index in [0.717, 1.165) is 17.7 Å². The maximum absolute atomic E-state index is 10.2. The zero-order valence-electron chi connectivity index (χ0n) is 12.6. The highest BCUT2D eigenvalue weighted by atomic mass is 16.3. The highest BCUT2D eigenvalue weighted by molar-refractivity contribution is 5.35. The van der Waals surface area contributed by atoms with E-state index in [-0.39, 0.29) is 5.75 Å². The van der Waals surface area contributed by atoms with Crippen LogP contribution in [0.4, 0.5) is 0 Å². The first kappa shape index (κ1) is 15.5. The second kappa shape index (κ2) is 7.25. The van der Waals surface area contributed by atoms with Gasteiger partial charge in [-0.1, -0.05) is 43.3 Å². The van der Waals surface area contributed by atoms with Gasteiger partial charge in [0.05, 0.1) is 6.10 Å². The Balaban J connectivity index is 1.84. The molecule has 0 spiro atoms. The molecule has 3 heteroatoms. The quantitative estimate of drug-likeness (QED) is 0.764. The Morgan fingerprint density at radius 1 is 1.00 bits per heavy atom. The van der Waals surface area contributed by atoms with Gasteiger partial charge in [0.2, 0.25) is 0 Å². The van der Waals surface area contributed by atoms with Gasteiger partial charge in [0, 0.05) is 13.1 Å². The lowest BCUT2D eigenvalue weighted by molar-refractivity contribution is 0.174. The van der Waals surface area contributed by atoms with Crippen LogP contribution in [0.15, 0.2) is 48.5 Å². The minimum atomic E-state index is -0.563. The molecule has 3 N–H and O–H groups in total. The van der Waals surface area contributed by atoms with Gasteiger partial charge in [-0.25, -0.2) is 0 Å². The molecule has 0 amide bonds. The Labute approximate surface area is 126 Å². The second-order valence-corrected chi connectivity index (χ2v) is 5.53. The third-order valence-corrected chi connectivity index (χ3v) is 3.76. The molecule has 21 heavy (non-hydrogen) atoms. The zero-order valence-corrected chi connectivity index (χ0v) is 12.6. The number of hydrogen-bond acceptors (Lipinski definition) is 3. The minimum Gasteiger partial charge on any atom is -0.508 e. The molecule has 0 radical (unpaired) electrons. The van der Waals surface area contributed by atoms with E-state index in [0.29, 0.717) is 12.5 Å². The molecule has 0 aliphatic carbocycles. The normalized spacial score (nSPS) is 13.9. The molecular formula is C18H23NO2. The summed E-state index contributed by atoms with van der Waals surface area (Å²) in [5.41, 5.74) is 2.90. The summed E-state index contributed by atoms with van der Waals surface area (Å²) in [5.74, 6) is 0.663. The summed E-state index contributed by atoms with van der Waals surface area (Å²) in [5, 5.41) is 23.0. The molecule has 0 saturated heterocycles. The van der Waals surface area contributed by atoms with Crippen molar-refractivity contribution >= 4 is 0 Å². The van der Waals surface area contributed by atoms with E-state index < -0.39 is 6.10 Å². The van der Waals surface area contributed by atoms with Crippen molar-refractivity contribution in [3.8, 4) is 5.75 Å². The fourth-order valence-electron chi connectivity index (χ4n) is 2.34. The molecule has 0 aromatic heterocycles. The van der Waals surface area contributed by atoms with Gasteiger partial charge in [-0.2, -0.15) is 0 Å². The highest BCUT2D eigenvalue weighted by Gasteiger charge is 2.10. The monoisotopic (exact) mass is 285 g/mol. The summed E-state index contributed by atoms with van der Waals surface area (Å²) >= 11 is 0. The van der Waals surface area contributed by atoms with Crippen LogP contribution in [0.1, 0.15) is 35.6 Å². The Morgan fingerprint density at radius 2 is 1.71 bits per heavy atom. The number of nitrogens with one attached hydrogen (secondary N) is 1. The molecule has 2 rings (SSSR count). The number of aryl methyl sites for hydroxylation is 1. The van der Waals surface area contributed by atoms with Gasteiger partial charge in [-0.3, -0.25) is 0 Å². The van der Waals surface area contributed by atoms with Gasteiger partial charge in [0.25, 0.3) is 0 Å². The number of benzene rings is 2. The van der Waals surface area contributed by atoms with Crippen molar-refractivity contribution < 1.29 is 10.2 Å². The maximum atomic E-state index is 10.2. The fraction of sp³-hybridized carbons (Fsp3) is 0.333. The summed E-state index contributed by atoms with van der Waals surface area (Å²) in [6.45, 7) is 5.31. The van der Waals surface area contributed by atoms with E-state index in [9.17, 15) is 10.2 Å². The van der Waals surface area contributed by atoms with E-state index in [1.807, 2.05) is 31.2 Å². The Morgan fingerprint density at radius 3 is 2.38 bits per heavy atom. The number of aliphatic hydroxyl groups excluding tert-OH is 1. The molecule has 0 heterocycles. The molecule has 0 aliphatic rings. The van der Waals surface area contributed by atoms with Crippen LogP contribution in [0.25, 0.3) is 0 Å². The molecule has 112 valence electrons. The molecule has 2 atom stereocenters. The molecule has 0 saturated carbocycles. The van der Waals surface area contributed by atoms with Crippen molar-refractivity contribution in [2.24, 2.45) is 0 Å². The maximum Gasteiger partial charge on any atom is 0.118 e. The van der Waals surface area contributed by atoms with E-state index in [2.05, 4.69) is 24.4 Å². The van der Waals surface area contributed by atoms with Crippen LogP contribution in [0, 0.1) is 6.92 Å². The predicted molar refractivity (Wildman–Crippen MR) is 85.5 cm³/mol. The average molecular weight is 285 g/mol. The molecular weight excluding hydrogens is 262 g/mol. The van der Waals surface area contributed by atoms with Crippen LogP contribution in [-0.2, 0) is 0 Å². The average Bonchev–Trinajstić information content (AvgIpc) is 2.50. The number of phenolic OH excluding ortho intramolecular Hbond substituents is 1. The molecule has 0 aliphatic heterocycles. The van der Waals surface area contributed by atoms with E-state index in [1.54, 1.807) is 12.1 Å². The topological polar surface area (TPSA) is 52.5 Å². The number of phenols is 1. The van der Waals surface area contributed by atoms with Crippen molar-refractivity contribution in [3.63, 3.8) is 0 Å². The Hall–Kier alpha value is -1.84. The predicted octanol–water partition coefficient (Wildman–Crippen LogP) is 3.13. The van der Waals surface area contributed by atoms with Crippen LogP contribution >= 0.6 is 0 Å². The number of aromatic hydroxyl groups is 1. The molecule has 0 fully saturated rings. The SMILES string of the molecule is Cc1cc([C@@H](O)CNCC(C)c2ccccc2)ccc1O. The summed E-state index contributed by atoms with van der Waals surface area (Å²) < 4.78 is 0. The second-order valence-electron chi connectivity index (χ2n) is 5.53. The van der Waals surface area contributed by atoms with Crippen molar-refractivity contribution in [2.45, 2.75) is 25.9 Å². The minimum absolute atomic E-state index is 0.261. The lowest BCUT2D eigenvalue weighted by Gasteiger charge is -2.16. The Bertz CT molecular complexity index is 569. The van der Waals surface area contributed by atoms with E-state index in [4.69, 9.17) is 0 Å². The van der Waals surface area contributed by atoms with Gasteiger partial charge < -0.3 is 15.5 Å². The van der Waals surface area contributed by atoms with Crippen LogP contribution in [-0.4, -0.2) is 23.3 Å². The third kappa shape index (κ3) is 4.31. The van der Waals surface area contributed by atoms with Crippen molar-refractivity contribution in [3.05, 3.63) is 65.2 Å². The smallest absolute Gasteiger partial charge is 0.118 e. The van der Waals surface area contributed by atoms with Gasteiger partial charge in [-0.05, 0) is 41.7 Å². The van der Waals surface area contributed by atoms with Gasteiger partial charge in [-0.15, -0.1) is 0 Å². The number of aliphatic hydroxyl groups is 1. The lowest BCUT2D eigenvalue weighted by atomic mass is 10.0. The van der Waals surface area contributed by atoms with Crippen LogP contribution in [0.3, 0.4) is 0 Å². The first-order valence-corrected chi connectivity index (χ1v) is 7.31. The van der Waals surface area contributed by atoms with Crippen LogP contribution < -0.4 is 5.32 Å². The van der Waals surface area contributed by atoms with Crippen LogP contribution in [0.2, 0.25) is 0 Å². The summed E-state index contributed by atoms with van der Waals surface area (Å²) in [6, 6.07) is 15.5. The van der Waals surface area contributed by atoms with Gasteiger partial charge >= 0.3 is 0 Å². The zero-order chi connectivity index (χ0) is 15.2. The molecule has 2 aromatic carbocycles. The van der Waals surface area contributed by atoms with Crippen LogP contribution in [0.5, 0.6) is 5.75 Å². The largest absolute Gasteiger partial charge is 0.508 e. The lowest BCUT2D eigenvalue weighted by Crippen LogP contribution is -2.25. The highest BCUT2D eigenvalue weighted by Crippen LogP contribution is 2.21. The van der Waals surface area contributed by atoms with Crippen molar-refractivity contribution in [2.75, 3.05) is 13.1 Å². The van der Waals surface area contributed by atoms with Gasteiger partial charge in [0.15, 0.2) is 0 Å². The summed E-state index contributed by atoms with van der Waals surface area (Å²) in [4.78, 5) is 0. The molecule has 2 aromatic rings. The Kier molecular flexibility index (Phi) is 5.37. The molecule has 0 bridgehead atoms. The number of hydrogen-bond donors (Lipinski definition) is 3. The van der Waals surface area contributed by atoms with Crippen molar-refractivity contribution in [1.82, 2.24) is 5.32 Å². The first-order valence-electron chi connectivity index (χ1n) is 7.31. The molecule has 1 unspecified atom stereocenters. The molecule has 3 nitrogen and oxygen atoms in total. The summed E-state index contributed by atoms with van der Waals surface area (Å²) in [7, 11) is 0. The standard InChI is InChI=1S/C18H23NO2/c1-13-10-16(8-9-17(13)20)18(21)12-19-11-14(2)15-6-4-3-5-7-15/h3-10,14,18-21H,11-12H2,1-2H3/t14?,18-/m0/s1. The van der Waals surface area contributed by atoms with E-state index in [1.165, 1.54) is 5.56 Å². The first-order chi connectivity index (χ1) is 10.1. The fourth-order valence-corrected chi connectivity index (χ4v) is 2.34.